The van der Waals surface area contributed by atoms with Crippen molar-refractivity contribution < 1.29 is 8.42 Å². The van der Waals surface area contributed by atoms with Crippen molar-refractivity contribution in [1.29, 1.82) is 0 Å². The molecule has 1 saturated heterocycles. The van der Waals surface area contributed by atoms with Crippen molar-refractivity contribution in [2.24, 2.45) is 4.99 Å². The Morgan fingerprint density at radius 1 is 1.25 bits per heavy atom. The summed E-state index contributed by atoms with van der Waals surface area (Å²) in [6.45, 7) is 11.0. The van der Waals surface area contributed by atoms with Gasteiger partial charge in [0.05, 0.1) is 12.3 Å². The van der Waals surface area contributed by atoms with Crippen LogP contribution in [0.1, 0.15) is 26.7 Å². The Labute approximate surface area is 147 Å². The summed E-state index contributed by atoms with van der Waals surface area (Å²) in [7, 11) is -0.744. The maximum absolute atomic E-state index is 11.3. The van der Waals surface area contributed by atoms with Crippen LogP contribution in [0.5, 0.6) is 0 Å². The Kier molecular flexibility index (Phi) is 9.61. The molecule has 2 N–H and O–H groups in total. The molecule has 0 aromatic carbocycles. The summed E-state index contributed by atoms with van der Waals surface area (Å²) >= 11 is 0. The van der Waals surface area contributed by atoms with Crippen LogP contribution in [-0.4, -0.2) is 95.1 Å². The lowest BCUT2D eigenvalue weighted by Crippen LogP contribution is -2.43. The number of sulfone groups is 1. The van der Waals surface area contributed by atoms with Crippen molar-refractivity contribution in [3.8, 4) is 0 Å². The molecule has 0 spiro atoms. The summed E-state index contributed by atoms with van der Waals surface area (Å²) in [6, 6.07) is 0.0735. The number of likely N-dealkylation sites (N-methyl/N-ethyl adjacent to an activating group) is 1. The molecule has 0 aliphatic carbocycles. The Bertz CT molecular complexity index is 481. The Balaban J connectivity index is 2.40. The maximum atomic E-state index is 11.3. The maximum Gasteiger partial charge on any atom is 0.191 e. The first kappa shape index (κ1) is 21.2. The first-order valence-electron chi connectivity index (χ1n) is 8.93. The molecule has 0 saturated carbocycles. The van der Waals surface area contributed by atoms with Crippen LogP contribution in [0.15, 0.2) is 4.99 Å². The molecule has 0 aromatic rings. The first-order valence-corrected chi connectivity index (χ1v) is 11.0. The summed E-state index contributed by atoms with van der Waals surface area (Å²) < 4.78 is 22.5. The molecule has 8 heteroatoms. The molecule has 1 unspecified atom stereocenters. The zero-order chi connectivity index (χ0) is 18.0. The monoisotopic (exact) mass is 361 g/mol. The zero-order valence-electron chi connectivity index (χ0n) is 15.7. The number of nitrogens with one attached hydrogen (secondary N) is 2. The van der Waals surface area contributed by atoms with Crippen LogP contribution in [0.4, 0.5) is 0 Å². The van der Waals surface area contributed by atoms with Crippen LogP contribution in [0, 0.1) is 0 Å². The van der Waals surface area contributed by atoms with Gasteiger partial charge in [-0.3, -0.25) is 4.99 Å². The van der Waals surface area contributed by atoms with E-state index in [1.165, 1.54) is 19.2 Å². The molecule has 1 heterocycles. The fourth-order valence-corrected chi connectivity index (χ4v) is 3.42. The van der Waals surface area contributed by atoms with E-state index in [1.807, 2.05) is 13.8 Å². The number of rotatable bonds is 8. The standard InChI is InChI=1S/C16H35N5O2S/c1-5-17-16(19-15(2)7-14-24(4,22)23)18-8-11-21-10-6-9-20(3)12-13-21/h15H,5-14H2,1-4H3,(H2,17,18,19). The molecule has 0 bridgehead atoms. The highest BCUT2D eigenvalue weighted by molar-refractivity contribution is 7.90. The molecular weight excluding hydrogens is 326 g/mol. The summed E-state index contributed by atoms with van der Waals surface area (Å²) in [4.78, 5) is 9.47. The number of hydrogen-bond acceptors (Lipinski definition) is 5. The minimum atomic E-state index is -2.92. The Hall–Kier alpha value is -0.860. The van der Waals surface area contributed by atoms with Crippen molar-refractivity contribution in [1.82, 2.24) is 20.4 Å². The second kappa shape index (κ2) is 10.9. The lowest BCUT2D eigenvalue weighted by atomic mass is 10.3. The molecule has 0 amide bonds. The molecule has 1 aliphatic rings. The van der Waals surface area contributed by atoms with Crippen LogP contribution in [0.2, 0.25) is 0 Å². The van der Waals surface area contributed by atoms with Gasteiger partial charge in [0, 0.05) is 38.5 Å². The average molecular weight is 362 g/mol. The van der Waals surface area contributed by atoms with Crippen LogP contribution >= 0.6 is 0 Å². The average Bonchev–Trinajstić information content (AvgIpc) is 2.69. The third-order valence-corrected chi connectivity index (χ3v) is 5.12. The van der Waals surface area contributed by atoms with Gasteiger partial charge in [0.1, 0.15) is 9.84 Å². The number of guanidine groups is 1. The molecule has 7 nitrogen and oxygen atoms in total. The van der Waals surface area contributed by atoms with Gasteiger partial charge in [0.2, 0.25) is 0 Å². The van der Waals surface area contributed by atoms with Gasteiger partial charge < -0.3 is 20.4 Å². The molecule has 1 aliphatic heterocycles. The van der Waals surface area contributed by atoms with Crippen molar-refractivity contribution >= 4 is 15.8 Å². The largest absolute Gasteiger partial charge is 0.357 e. The predicted molar refractivity (Wildman–Crippen MR) is 101 cm³/mol. The van der Waals surface area contributed by atoms with E-state index in [0.29, 0.717) is 6.42 Å². The van der Waals surface area contributed by atoms with Crippen LogP contribution < -0.4 is 10.6 Å². The molecule has 0 radical (unpaired) electrons. The topological polar surface area (TPSA) is 77.0 Å². The van der Waals surface area contributed by atoms with E-state index in [0.717, 1.165) is 45.2 Å². The molecule has 0 aromatic heterocycles. The summed E-state index contributed by atoms with van der Waals surface area (Å²) in [5, 5.41) is 6.53. The SMILES string of the molecule is CCNC(=NCCN1CCCN(C)CC1)NC(C)CCS(C)(=O)=O. The van der Waals surface area contributed by atoms with Gasteiger partial charge in [0.15, 0.2) is 5.96 Å². The fraction of sp³-hybridized carbons (Fsp3) is 0.938. The lowest BCUT2D eigenvalue weighted by molar-refractivity contribution is 0.283. The number of hydrogen-bond donors (Lipinski definition) is 2. The highest BCUT2D eigenvalue weighted by atomic mass is 32.2. The molecular formula is C16H35N5O2S. The molecule has 1 atom stereocenters. The van der Waals surface area contributed by atoms with Gasteiger partial charge in [-0.05, 0) is 46.8 Å². The second-order valence-electron chi connectivity index (χ2n) is 6.72. The Morgan fingerprint density at radius 3 is 2.67 bits per heavy atom. The van der Waals surface area contributed by atoms with Crippen LogP contribution in [0.3, 0.4) is 0 Å². The summed E-state index contributed by atoms with van der Waals surface area (Å²) in [6.07, 6.45) is 3.07. The van der Waals surface area contributed by atoms with E-state index >= 15 is 0 Å². The first-order chi connectivity index (χ1) is 11.3. The van der Waals surface area contributed by atoms with E-state index in [1.54, 1.807) is 0 Å². The highest BCUT2D eigenvalue weighted by Crippen LogP contribution is 2.00. The third-order valence-electron chi connectivity index (χ3n) is 4.15. The second-order valence-corrected chi connectivity index (χ2v) is 8.98. The summed E-state index contributed by atoms with van der Waals surface area (Å²) in [5.74, 6) is 0.965. The van der Waals surface area contributed by atoms with Crippen LogP contribution in [-0.2, 0) is 9.84 Å². The normalized spacial score (nSPS) is 19.8. The van der Waals surface area contributed by atoms with Gasteiger partial charge in [-0.1, -0.05) is 0 Å². The third kappa shape index (κ3) is 10.1. The van der Waals surface area contributed by atoms with Gasteiger partial charge in [-0.15, -0.1) is 0 Å². The molecule has 1 fully saturated rings. The number of aliphatic imine (C=N–C) groups is 1. The lowest BCUT2D eigenvalue weighted by Gasteiger charge is -2.20. The van der Waals surface area contributed by atoms with E-state index in [4.69, 9.17) is 0 Å². The Morgan fingerprint density at radius 2 is 2.00 bits per heavy atom. The zero-order valence-corrected chi connectivity index (χ0v) is 16.5. The van der Waals surface area contributed by atoms with Crippen molar-refractivity contribution in [2.45, 2.75) is 32.7 Å². The molecule has 24 heavy (non-hydrogen) atoms. The van der Waals surface area contributed by atoms with E-state index < -0.39 is 9.84 Å². The van der Waals surface area contributed by atoms with Gasteiger partial charge in [0.25, 0.3) is 0 Å². The van der Waals surface area contributed by atoms with E-state index in [9.17, 15) is 8.42 Å². The van der Waals surface area contributed by atoms with Crippen molar-refractivity contribution in [3.05, 3.63) is 0 Å². The van der Waals surface area contributed by atoms with Gasteiger partial charge in [-0.2, -0.15) is 0 Å². The van der Waals surface area contributed by atoms with Crippen molar-refractivity contribution in [3.63, 3.8) is 0 Å². The molecule has 1 rings (SSSR count). The molecule has 142 valence electrons. The minimum absolute atomic E-state index is 0.0735. The van der Waals surface area contributed by atoms with Gasteiger partial charge in [-0.25, -0.2) is 8.42 Å². The highest BCUT2D eigenvalue weighted by Gasteiger charge is 2.12. The quantitative estimate of drug-likeness (QED) is 0.468. The fourth-order valence-electron chi connectivity index (χ4n) is 2.64. The number of nitrogens with zero attached hydrogens (tertiary/aromatic N) is 3. The summed E-state index contributed by atoms with van der Waals surface area (Å²) in [5.41, 5.74) is 0. The van der Waals surface area contributed by atoms with Gasteiger partial charge >= 0.3 is 0 Å². The van der Waals surface area contributed by atoms with Crippen molar-refractivity contribution in [2.75, 3.05) is 64.9 Å². The predicted octanol–water partition coefficient (Wildman–Crippen LogP) is 0.00220. The smallest absolute Gasteiger partial charge is 0.191 e. The van der Waals surface area contributed by atoms with Crippen LogP contribution in [0.25, 0.3) is 0 Å². The minimum Gasteiger partial charge on any atom is -0.357 e. The van der Waals surface area contributed by atoms with E-state index in [-0.39, 0.29) is 11.8 Å². The van der Waals surface area contributed by atoms with E-state index in [2.05, 4.69) is 32.5 Å².